The Hall–Kier alpha value is -1.32. The second-order valence-electron chi connectivity index (χ2n) is 9.08. The van der Waals surface area contributed by atoms with Crippen molar-refractivity contribution in [3.8, 4) is 0 Å². The van der Waals surface area contributed by atoms with E-state index in [0.29, 0.717) is 18.2 Å². The van der Waals surface area contributed by atoms with Crippen molar-refractivity contribution in [1.82, 2.24) is 9.80 Å². The molecule has 2 heterocycles. The first kappa shape index (κ1) is 20.0. The molecule has 142 valence electrons. The molecule has 0 radical (unpaired) electrons. The Kier molecular flexibility index (Phi) is 6.70. The van der Waals surface area contributed by atoms with Gasteiger partial charge in [0, 0.05) is 37.7 Å². The molecular formula is C21H36N2O2. The lowest BCUT2D eigenvalue weighted by Gasteiger charge is -2.25. The maximum atomic E-state index is 12.6. The van der Waals surface area contributed by atoms with Crippen molar-refractivity contribution in [2.24, 2.45) is 17.3 Å². The van der Waals surface area contributed by atoms with Crippen LogP contribution in [0.4, 0.5) is 0 Å². The van der Waals surface area contributed by atoms with Crippen LogP contribution in [0.1, 0.15) is 72.6 Å². The average molecular weight is 349 g/mol. The zero-order valence-electron chi connectivity index (χ0n) is 16.6. The molecule has 2 rings (SSSR count). The normalized spacial score (nSPS) is 24.5. The van der Waals surface area contributed by atoms with Crippen LogP contribution in [-0.4, -0.2) is 41.2 Å². The van der Waals surface area contributed by atoms with E-state index in [9.17, 15) is 9.59 Å². The Bertz CT molecular complexity index is 507. The number of carbonyl (C=O) groups is 2. The van der Waals surface area contributed by atoms with Crippen LogP contribution in [0, 0.1) is 17.3 Å². The highest BCUT2D eigenvalue weighted by molar-refractivity contribution is 5.84. The lowest BCUT2D eigenvalue weighted by atomic mass is 9.79. The molecule has 0 bridgehead atoms. The lowest BCUT2D eigenvalue weighted by molar-refractivity contribution is -0.133. The first-order valence-corrected chi connectivity index (χ1v) is 9.97. The SMILES string of the molecule is C=C1CC(C(C)(C)C)C(=O)N1CCCCCCC(=O)N1CC[C@H](C)C1. The van der Waals surface area contributed by atoms with Crippen molar-refractivity contribution < 1.29 is 9.59 Å². The summed E-state index contributed by atoms with van der Waals surface area (Å²) in [4.78, 5) is 28.6. The van der Waals surface area contributed by atoms with Gasteiger partial charge in [-0.25, -0.2) is 0 Å². The Balaban J connectivity index is 1.61. The summed E-state index contributed by atoms with van der Waals surface area (Å²) in [5, 5.41) is 0. The number of likely N-dealkylation sites (tertiary alicyclic amines) is 2. The number of amides is 2. The van der Waals surface area contributed by atoms with Crippen LogP contribution in [-0.2, 0) is 9.59 Å². The molecule has 0 spiro atoms. The molecule has 2 atom stereocenters. The Morgan fingerprint density at radius 3 is 2.44 bits per heavy atom. The van der Waals surface area contributed by atoms with Crippen LogP contribution < -0.4 is 0 Å². The fraction of sp³-hybridized carbons (Fsp3) is 0.810. The fourth-order valence-corrected chi connectivity index (χ4v) is 3.94. The predicted octanol–water partition coefficient (Wildman–Crippen LogP) is 4.21. The zero-order valence-corrected chi connectivity index (χ0v) is 16.6. The van der Waals surface area contributed by atoms with Crippen molar-refractivity contribution in [1.29, 1.82) is 0 Å². The smallest absolute Gasteiger partial charge is 0.230 e. The summed E-state index contributed by atoms with van der Waals surface area (Å²) < 4.78 is 0. The van der Waals surface area contributed by atoms with Gasteiger partial charge in [-0.3, -0.25) is 9.59 Å². The third-order valence-electron chi connectivity index (χ3n) is 5.73. The summed E-state index contributed by atoms with van der Waals surface area (Å²) in [6.07, 6.45) is 6.71. The van der Waals surface area contributed by atoms with Gasteiger partial charge in [-0.15, -0.1) is 0 Å². The van der Waals surface area contributed by atoms with E-state index >= 15 is 0 Å². The van der Waals surface area contributed by atoms with E-state index in [1.165, 1.54) is 0 Å². The molecule has 0 saturated carbocycles. The molecule has 2 aliphatic heterocycles. The van der Waals surface area contributed by atoms with E-state index in [0.717, 1.165) is 63.9 Å². The molecule has 0 aliphatic carbocycles. The van der Waals surface area contributed by atoms with Gasteiger partial charge in [0.15, 0.2) is 0 Å². The molecule has 1 unspecified atom stereocenters. The van der Waals surface area contributed by atoms with Crippen LogP contribution in [0.25, 0.3) is 0 Å². The largest absolute Gasteiger partial charge is 0.342 e. The first-order valence-electron chi connectivity index (χ1n) is 9.97. The summed E-state index contributed by atoms with van der Waals surface area (Å²) in [5.74, 6) is 1.30. The topological polar surface area (TPSA) is 40.6 Å². The highest BCUT2D eigenvalue weighted by Crippen LogP contribution is 2.39. The van der Waals surface area contributed by atoms with Crippen molar-refractivity contribution in [2.45, 2.75) is 72.6 Å². The first-order chi connectivity index (χ1) is 11.7. The third kappa shape index (κ3) is 5.32. The van der Waals surface area contributed by atoms with Crippen molar-refractivity contribution >= 4 is 11.8 Å². The van der Waals surface area contributed by atoms with Gasteiger partial charge >= 0.3 is 0 Å². The lowest BCUT2D eigenvalue weighted by Crippen LogP contribution is -2.32. The fourth-order valence-electron chi connectivity index (χ4n) is 3.94. The van der Waals surface area contributed by atoms with Crippen molar-refractivity contribution in [2.75, 3.05) is 19.6 Å². The second-order valence-corrected chi connectivity index (χ2v) is 9.08. The third-order valence-corrected chi connectivity index (χ3v) is 5.73. The standard InChI is InChI=1S/C21H36N2O2/c1-16-11-13-22(15-16)19(24)10-8-6-7-9-12-23-17(2)14-18(20(23)25)21(3,4)5/h16,18H,2,6-15H2,1,3-5H3/t16-,18?/m0/s1. The van der Waals surface area contributed by atoms with Gasteiger partial charge in [0.25, 0.3) is 0 Å². The van der Waals surface area contributed by atoms with Crippen LogP contribution >= 0.6 is 0 Å². The zero-order chi connectivity index (χ0) is 18.6. The molecule has 4 heteroatoms. The summed E-state index contributed by atoms with van der Waals surface area (Å²) in [7, 11) is 0. The van der Waals surface area contributed by atoms with E-state index < -0.39 is 0 Å². The molecule has 4 nitrogen and oxygen atoms in total. The molecule has 2 saturated heterocycles. The number of carbonyl (C=O) groups excluding carboxylic acids is 2. The van der Waals surface area contributed by atoms with E-state index in [1.807, 2.05) is 9.80 Å². The minimum absolute atomic E-state index is 0.00219. The Labute approximate surface area is 153 Å². The van der Waals surface area contributed by atoms with Crippen LogP contribution in [0.2, 0.25) is 0 Å². The van der Waals surface area contributed by atoms with E-state index in [1.54, 1.807) is 0 Å². The number of allylic oxidation sites excluding steroid dienone is 1. The minimum Gasteiger partial charge on any atom is -0.342 e. The molecule has 2 amide bonds. The number of hydrogen-bond acceptors (Lipinski definition) is 2. The maximum Gasteiger partial charge on any atom is 0.230 e. The molecule has 2 fully saturated rings. The summed E-state index contributed by atoms with van der Waals surface area (Å²) in [5.41, 5.74) is 0.977. The quantitative estimate of drug-likeness (QED) is 0.647. The maximum absolute atomic E-state index is 12.6. The number of rotatable bonds is 7. The van der Waals surface area contributed by atoms with Gasteiger partial charge in [-0.2, -0.15) is 0 Å². The Morgan fingerprint density at radius 2 is 1.88 bits per heavy atom. The number of nitrogens with zero attached hydrogens (tertiary/aromatic N) is 2. The number of unbranched alkanes of at least 4 members (excludes halogenated alkanes) is 3. The predicted molar refractivity (Wildman–Crippen MR) is 102 cm³/mol. The molecule has 2 aliphatic rings. The van der Waals surface area contributed by atoms with Gasteiger partial charge in [0.05, 0.1) is 0 Å². The van der Waals surface area contributed by atoms with Gasteiger partial charge < -0.3 is 9.80 Å². The Morgan fingerprint density at radius 1 is 1.20 bits per heavy atom. The minimum atomic E-state index is 0.00219. The highest BCUT2D eigenvalue weighted by Gasteiger charge is 2.41. The van der Waals surface area contributed by atoms with Crippen molar-refractivity contribution in [3.63, 3.8) is 0 Å². The van der Waals surface area contributed by atoms with Gasteiger partial charge in [-0.05, 0) is 37.0 Å². The van der Waals surface area contributed by atoms with Crippen LogP contribution in [0.15, 0.2) is 12.3 Å². The second kappa shape index (κ2) is 8.37. The van der Waals surface area contributed by atoms with Gasteiger partial charge in [-0.1, -0.05) is 47.1 Å². The van der Waals surface area contributed by atoms with Crippen molar-refractivity contribution in [3.05, 3.63) is 12.3 Å². The summed E-state index contributed by atoms with van der Waals surface area (Å²) in [6.45, 7) is 15.4. The van der Waals surface area contributed by atoms with Gasteiger partial charge in [0.2, 0.25) is 11.8 Å². The summed E-state index contributed by atoms with van der Waals surface area (Å²) >= 11 is 0. The number of hydrogen-bond donors (Lipinski definition) is 0. The molecule has 0 N–H and O–H groups in total. The monoisotopic (exact) mass is 348 g/mol. The van der Waals surface area contributed by atoms with Crippen LogP contribution in [0.5, 0.6) is 0 Å². The molecule has 0 aromatic heterocycles. The van der Waals surface area contributed by atoms with Crippen LogP contribution in [0.3, 0.4) is 0 Å². The van der Waals surface area contributed by atoms with E-state index in [-0.39, 0.29) is 17.2 Å². The molecule has 0 aromatic rings. The average Bonchev–Trinajstić information content (AvgIpc) is 3.07. The highest BCUT2D eigenvalue weighted by atomic mass is 16.2. The van der Waals surface area contributed by atoms with E-state index in [4.69, 9.17) is 0 Å². The molecule has 0 aromatic carbocycles. The van der Waals surface area contributed by atoms with Gasteiger partial charge in [0.1, 0.15) is 0 Å². The van der Waals surface area contributed by atoms with E-state index in [2.05, 4.69) is 34.3 Å². The molecular weight excluding hydrogens is 312 g/mol. The summed E-state index contributed by atoms with van der Waals surface area (Å²) in [6, 6.07) is 0. The molecule has 25 heavy (non-hydrogen) atoms.